The second-order valence-corrected chi connectivity index (χ2v) is 3.67. The fourth-order valence-electron chi connectivity index (χ4n) is 1.53. The number of benzene rings is 1. The number of halogens is 1. The van der Waals surface area contributed by atoms with Crippen LogP contribution in [0, 0.1) is 12.7 Å². The van der Waals surface area contributed by atoms with Gasteiger partial charge in [0, 0.05) is 5.69 Å². The fourth-order valence-corrected chi connectivity index (χ4v) is 1.53. The molecule has 1 heterocycles. The van der Waals surface area contributed by atoms with Crippen LogP contribution in [0.4, 0.5) is 4.39 Å². The molecular formula is C12H13FN2. The summed E-state index contributed by atoms with van der Waals surface area (Å²) in [6, 6.07) is 8.64. The SMILES string of the molecule is Cc1cc(CCc2ccc(F)cc2)n[nH]1. The molecule has 0 aliphatic heterocycles. The van der Waals surface area contributed by atoms with Gasteiger partial charge in [-0.05, 0) is 43.5 Å². The molecule has 2 nitrogen and oxygen atoms in total. The normalized spacial score (nSPS) is 10.5. The minimum Gasteiger partial charge on any atom is -0.283 e. The van der Waals surface area contributed by atoms with Crippen LogP contribution in [0.2, 0.25) is 0 Å². The monoisotopic (exact) mass is 204 g/mol. The van der Waals surface area contributed by atoms with Crippen molar-refractivity contribution in [3.63, 3.8) is 0 Å². The molecule has 2 rings (SSSR count). The van der Waals surface area contributed by atoms with Gasteiger partial charge in [-0.15, -0.1) is 0 Å². The number of aromatic amines is 1. The molecule has 0 spiro atoms. The zero-order chi connectivity index (χ0) is 10.7. The van der Waals surface area contributed by atoms with Crippen LogP contribution in [0.15, 0.2) is 30.3 Å². The maximum atomic E-state index is 12.6. The number of aryl methyl sites for hydroxylation is 3. The number of H-pyrrole nitrogens is 1. The van der Waals surface area contributed by atoms with Gasteiger partial charge in [0.2, 0.25) is 0 Å². The van der Waals surface area contributed by atoms with Crippen molar-refractivity contribution in [3.8, 4) is 0 Å². The van der Waals surface area contributed by atoms with E-state index in [1.807, 2.05) is 25.1 Å². The second-order valence-electron chi connectivity index (χ2n) is 3.67. The summed E-state index contributed by atoms with van der Waals surface area (Å²) in [6.45, 7) is 1.98. The van der Waals surface area contributed by atoms with Crippen molar-refractivity contribution in [2.75, 3.05) is 0 Å². The minimum atomic E-state index is -0.186. The molecule has 1 N–H and O–H groups in total. The van der Waals surface area contributed by atoms with Crippen LogP contribution in [0.1, 0.15) is 17.0 Å². The highest BCUT2D eigenvalue weighted by atomic mass is 19.1. The van der Waals surface area contributed by atoms with Crippen LogP contribution in [-0.4, -0.2) is 10.2 Å². The van der Waals surface area contributed by atoms with Crippen molar-refractivity contribution < 1.29 is 4.39 Å². The van der Waals surface area contributed by atoms with E-state index in [1.54, 1.807) is 0 Å². The highest BCUT2D eigenvalue weighted by Crippen LogP contribution is 2.07. The van der Waals surface area contributed by atoms with E-state index in [1.165, 1.54) is 12.1 Å². The van der Waals surface area contributed by atoms with Gasteiger partial charge in [-0.1, -0.05) is 12.1 Å². The smallest absolute Gasteiger partial charge is 0.123 e. The molecule has 0 unspecified atom stereocenters. The maximum Gasteiger partial charge on any atom is 0.123 e. The summed E-state index contributed by atoms with van der Waals surface area (Å²) in [5, 5.41) is 7.05. The topological polar surface area (TPSA) is 28.7 Å². The number of hydrogen-bond acceptors (Lipinski definition) is 1. The van der Waals surface area contributed by atoms with Crippen LogP contribution in [0.5, 0.6) is 0 Å². The van der Waals surface area contributed by atoms with Crippen LogP contribution in [0.3, 0.4) is 0 Å². The first-order valence-electron chi connectivity index (χ1n) is 4.99. The first-order chi connectivity index (χ1) is 7.24. The van der Waals surface area contributed by atoms with Crippen LogP contribution in [-0.2, 0) is 12.8 Å². The van der Waals surface area contributed by atoms with Gasteiger partial charge in [0.05, 0.1) is 5.69 Å². The summed E-state index contributed by atoms with van der Waals surface area (Å²) >= 11 is 0. The first kappa shape index (κ1) is 9.90. The Morgan fingerprint density at radius 3 is 2.53 bits per heavy atom. The van der Waals surface area contributed by atoms with E-state index in [0.717, 1.165) is 29.8 Å². The molecule has 0 atom stereocenters. The fraction of sp³-hybridized carbons (Fsp3) is 0.250. The van der Waals surface area contributed by atoms with Crippen molar-refractivity contribution in [3.05, 3.63) is 53.1 Å². The summed E-state index contributed by atoms with van der Waals surface area (Å²) < 4.78 is 12.6. The van der Waals surface area contributed by atoms with Gasteiger partial charge in [-0.25, -0.2) is 4.39 Å². The number of nitrogens with zero attached hydrogens (tertiary/aromatic N) is 1. The molecular weight excluding hydrogens is 191 g/mol. The Morgan fingerprint density at radius 1 is 1.20 bits per heavy atom. The molecule has 15 heavy (non-hydrogen) atoms. The zero-order valence-corrected chi connectivity index (χ0v) is 8.63. The largest absolute Gasteiger partial charge is 0.283 e. The summed E-state index contributed by atoms with van der Waals surface area (Å²) in [6.07, 6.45) is 1.78. The van der Waals surface area contributed by atoms with Gasteiger partial charge in [-0.2, -0.15) is 5.10 Å². The maximum absolute atomic E-state index is 12.6. The van der Waals surface area contributed by atoms with Crippen molar-refractivity contribution >= 4 is 0 Å². The lowest BCUT2D eigenvalue weighted by molar-refractivity contribution is 0.627. The van der Waals surface area contributed by atoms with E-state index >= 15 is 0 Å². The Labute approximate surface area is 88.1 Å². The molecule has 1 aromatic carbocycles. The predicted octanol–water partition coefficient (Wildman–Crippen LogP) is 2.64. The molecule has 0 saturated carbocycles. The van der Waals surface area contributed by atoms with Crippen molar-refractivity contribution in [1.82, 2.24) is 10.2 Å². The van der Waals surface area contributed by atoms with Crippen molar-refractivity contribution in [1.29, 1.82) is 0 Å². The molecule has 0 saturated heterocycles. The number of nitrogens with one attached hydrogen (secondary N) is 1. The number of rotatable bonds is 3. The van der Waals surface area contributed by atoms with E-state index < -0.39 is 0 Å². The van der Waals surface area contributed by atoms with Gasteiger partial charge < -0.3 is 0 Å². The van der Waals surface area contributed by atoms with Gasteiger partial charge in [0.1, 0.15) is 5.82 Å². The van der Waals surface area contributed by atoms with E-state index in [9.17, 15) is 4.39 Å². The standard InChI is InChI=1S/C12H13FN2/c1-9-8-12(15-14-9)7-4-10-2-5-11(13)6-3-10/h2-3,5-6,8H,4,7H2,1H3,(H,14,15). The Morgan fingerprint density at radius 2 is 1.93 bits per heavy atom. The van der Waals surface area contributed by atoms with E-state index in [-0.39, 0.29) is 5.82 Å². The summed E-state index contributed by atoms with van der Waals surface area (Å²) in [5.74, 6) is -0.186. The quantitative estimate of drug-likeness (QED) is 0.818. The Balaban J connectivity index is 1.96. The Bertz CT molecular complexity index is 431. The summed E-state index contributed by atoms with van der Waals surface area (Å²) in [5.41, 5.74) is 3.26. The lowest BCUT2D eigenvalue weighted by Gasteiger charge is -1.98. The third-order valence-electron chi connectivity index (χ3n) is 2.34. The second kappa shape index (κ2) is 4.26. The lowest BCUT2D eigenvalue weighted by Crippen LogP contribution is -1.91. The molecule has 0 bridgehead atoms. The van der Waals surface area contributed by atoms with Crippen LogP contribution < -0.4 is 0 Å². The molecule has 0 radical (unpaired) electrons. The molecule has 0 aliphatic carbocycles. The first-order valence-corrected chi connectivity index (χ1v) is 4.99. The molecule has 0 fully saturated rings. The molecule has 2 aromatic rings. The molecule has 1 aromatic heterocycles. The van der Waals surface area contributed by atoms with Gasteiger partial charge in [0.25, 0.3) is 0 Å². The Hall–Kier alpha value is -1.64. The average Bonchev–Trinajstić information content (AvgIpc) is 2.64. The van der Waals surface area contributed by atoms with E-state index in [0.29, 0.717) is 0 Å². The van der Waals surface area contributed by atoms with Gasteiger partial charge in [-0.3, -0.25) is 5.10 Å². The van der Waals surface area contributed by atoms with Gasteiger partial charge in [0.15, 0.2) is 0 Å². The number of hydrogen-bond donors (Lipinski definition) is 1. The molecule has 0 aliphatic rings. The van der Waals surface area contributed by atoms with E-state index in [2.05, 4.69) is 10.2 Å². The highest BCUT2D eigenvalue weighted by molar-refractivity contribution is 5.18. The number of aromatic nitrogens is 2. The van der Waals surface area contributed by atoms with Crippen molar-refractivity contribution in [2.45, 2.75) is 19.8 Å². The molecule has 78 valence electrons. The minimum absolute atomic E-state index is 0.186. The lowest BCUT2D eigenvalue weighted by atomic mass is 10.1. The highest BCUT2D eigenvalue weighted by Gasteiger charge is 1.99. The third kappa shape index (κ3) is 2.65. The predicted molar refractivity (Wildman–Crippen MR) is 57.1 cm³/mol. The zero-order valence-electron chi connectivity index (χ0n) is 8.63. The van der Waals surface area contributed by atoms with Crippen LogP contribution in [0.25, 0.3) is 0 Å². The van der Waals surface area contributed by atoms with E-state index in [4.69, 9.17) is 0 Å². The third-order valence-corrected chi connectivity index (χ3v) is 2.34. The molecule has 3 heteroatoms. The Kier molecular flexibility index (Phi) is 2.81. The molecule has 0 amide bonds. The van der Waals surface area contributed by atoms with Crippen molar-refractivity contribution in [2.24, 2.45) is 0 Å². The average molecular weight is 204 g/mol. The summed E-state index contributed by atoms with van der Waals surface area (Å²) in [7, 11) is 0. The summed E-state index contributed by atoms with van der Waals surface area (Å²) in [4.78, 5) is 0. The van der Waals surface area contributed by atoms with Gasteiger partial charge >= 0.3 is 0 Å². The van der Waals surface area contributed by atoms with Crippen LogP contribution >= 0.6 is 0 Å².